The number of nitrogens with zero attached hydrogens (tertiary/aromatic N) is 2. The SMILES string of the molecule is CC1(C2CCCN(C(=O)c3cc(F)cc4[nH]cnc34)C2)OCCO1. The van der Waals surface area contributed by atoms with Crippen molar-refractivity contribution in [2.45, 2.75) is 25.6 Å². The zero-order chi connectivity index (χ0) is 16.7. The number of fused-ring (bicyclic) bond motifs is 1. The Morgan fingerprint density at radius 1 is 1.42 bits per heavy atom. The van der Waals surface area contributed by atoms with Gasteiger partial charge in [-0.25, -0.2) is 9.37 Å². The fourth-order valence-corrected chi connectivity index (χ4v) is 3.70. The fourth-order valence-electron chi connectivity index (χ4n) is 3.70. The topological polar surface area (TPSA) is 67.5 Å². The molecule has 2 saturated heterocycles. The van der Waals surface area contributed by atoms with Gasteiger partial charge in [0.2, 0.25) is 0 Å². The minimum Gasteiger partial charge on any atom is -0.347 e. The number of H-pyrrole nitrogens is 1. The van der Waals surface area contributed by atoms with Crippen LogP contribution in [0.25, 0.3) is 11.0 Å². The van der Waals surface area contributed by atoms with Crippen LogP contribution in [0, 0.1) is 11.7 Å². The van der Waals surface area contributed by atoms with E-state index in [0.717, 1.165) is 12.8 Å². The number of rotatable bonds is 2. The zero-order valence-electron chi connectivity index (χ0n) is 13.5. The molecule has 1 aromatic heterocycles. The Kier molecular flexibility index (Phi) is 3.77. The molecule has 0 bridgehead atoms. The number of piperidine rings is 1. The van der Waals surface area contributed by atoms with Gasteiger partial charge in [0.25, 0.3) is 5.91 Å². The van der Waals surface area contributed by atoms with Gasteiger partial charge in [-0.2, -0.15) is 0 Å². The molecule has 0 saturated carbocycles. The molecule has 2 aromatic rings. The van der Waals surface area contributed by atoms with Gasteiger partial charge in [0.1, 0.15) is 11.3 Å². The van der Waals surface area contributed by atoms with Crippen molar-refractivity contribution < 1.29 is 18.7 Å². The summed E-state index contributed by atoms with van der Waals surface area (Å²) in [6.45, 7) is 4.29. The van der Waals surface area contributed by atoms with Crippen molar-refractivity contribution in [3.05, 3.63) is 29.8 Å². The predicted molar refractivity (Wildman–Crippen MR) is 85.0 cm³/mol. The number of likely N-dealkylation sites (tertiary alicyclic amines) is 1. The highest BCUT2D eigenvalue weighted by molar-refractivity contribution is 6.04. The summed E-state index contributed by atoms with van der Waals surface area (Å²) in [4.78, 5) is 21.7. The number of ether oxygens (including phenoxy) is 2. The molecule has 2 fully saturated rings. The smallest absolute Gasteiger partial charge is 0.256 e. The van der Waals surface area contributed by atoms with Gasteiger partial charge in [0.15, 0.2) is 5.79 Å². The molecule has 7 heteroatoms. The number of aromatic nitrogens is 2. The summed E-state index contributed by atoms with van der Waals surface area (Å²) in [5, 5.41) is 0. The monoisotopic (exact) mass is 333 g/mol. The minimum absolute atomic E-state index is 0.112. The van der Waals surface area contributed by atoms with E-state index in [1.807, 2.05) is 6.92 Å². The third-order valence-corrected chi connectivity index (χ3v) is 5.03. The maximum atomic E-state index is 13.8. The molecule has 24 heavy (non-hydrogen) atoms. The lowest BCUT2D eigenvalue weighted by Crippen LogP contribution is -2.48. The Hall–Kier alpha value is -1.99. The van der Waals surface area contributed by atoms with Crippen LogP contribution in [0.15, 0.2) is 18.5 Å². The van der Waals surface area contributed by atoms with E-state index in [4.69, 9.17) is 9.47 Å². The van der Waals surface area contributed by atoms with Crippen molar-refractivity contribution in [1.82, 2.24) is 14.9 Å². The molecule has 1 atom stereocenters. The molecule has 2 aliphatic heterocycles. The molecule has 1 amide bonds. The molecule has 4 rings (SSSR count). The quantitative estimate of drug-likeness (QED) is 0.916. The Labute approximate surface area is 138 Å². The number of benzene rings is 1. The van der Waals surface area contributed by atoms with Crippen LogP contribution in [0.5, 0.6) is 0 Å². The Morgan fingerprint density at radius 2 is 2.21 bits per heavy atom. The van der Waals surface area contributed by atoms with Crippen molar-refractivity contribution in [3.63, 3.8) is 0 Å². The Bertz CT molecular complexity index is 770. The van der Waals surface area contributed by atoms with E-state index < -0.39 is 11.6 Å². The molecule has 0 aliphatic carbocycles. The number of hydrogen-bond acceptors (Lipinski definition) is 4. The first-order chi connectivity index (χ1) is 11.6. The van der Waals surface area contributed by atoms with Crippen LogP contribution < -0.4 is 0 Å². The van der Waals surface area contributed by atoms with Crippen LogP contribution in [0.1, 0.15) is 30.1 Å². The van der Waals surface area contributed by atoms with Gasteiger partial charge in [0, 0.05) is 19.0 Å². The molecule has 0 radical (unpaired) electrons. The van der Waals surface area contributed by atoms with Crippen LogP contribution in [-0.2, 0) is 9.47 Å². The van der Waals surface area contributed by atoms with E-state index in [0.29, 0.717) is 42.9 Å². The van der Waals surface area contributed by atoms with Gasteiger partial charge in [-0.15, -0.1) is 0 Å². The first kappa shape index (κ1) is 15.5. The minimum atomic E-state index is -0.636. The van der Waals surface area contributed by atoms with Crippen molar-refractivity contribution >= 4 is 16.9 Å². The average Bonchev–Trinajstić information content (AvgIpc) is 3.23. The number of amides is 1. The number of carbonyl (C=O) groups is 1. The van der Waals surface area contributed by atoms with E-state index >= 15 is 0 Å². The number of imidazole rings is 1. The lowest BCUT2D eigenvalue weighted by molar-refractivity contribution is -0.189. The standard InChI is InChI=1S/C17H20FN3O3/c1-17(23-5-6-24-17)11-3-2-4-21(9-11)16(22)13-7-12(18)8-14-15(13)20-10-19-14/h7-8,10-11H,2-6,9H2,1H3,(H,19,20). The van der Waals surface area contributed by atoms with E-state index in [9.17, 15) is 9.18 Å². The van der Waals surface area contributed by atoms with E-state index in [1.54, 1.807) is 4.90 Å². The average molecular weight is 333 g/mol. The van der Waals surface area contributed by atoms with Gasteiger partial charge in [-0.1, -0.05) is 0 Å². The molecule has 1 aromatic carbocycles. The third kappa shape index (κ3) is 2.57. The van der Waals surface area contributed by atoms with Crippen LogP contribution in [-0.4, -0.2) is 52.9 Å². The summed E-state index contributed by atoms with van der Waals surface area (Å²) in [5.74, 6) is -1.17. The Balaban J connectivity index is 1.60. The number of aromatic amines is 1. The lowest BCUT2D eigenvalue weighted by Gasteiger charge is -2.39. The molecule has 1 unspecified atom stereocenters. The van der Waals surface area contributed by atoms with Crippen LogP contribution in [0.3, 0.4) is 0 Å². The second-order valence-electron chi connectivity index (χ2n) is 6.56. The largest absolute Gasteiger partial charge is 0.347 e. The van der Waals surface area contributed by atoms with E-state index in [2.05, 4.69) is 9.97 Å². The molecular formula is C17H20FN3O3. The second-order valence-corrected chi connectivity index (χ2v) is 6.56. The summed E-state index contributed by atoms with van der Waals surface area (Å²) in [6, 6.07) is 2.61. The molecule has 6 nitrogen and oxygen atoms in total. The first-order valence-electron chi connectivity index (χ1n) is 8.27. The third-order valence-electron chi connectivity index (χ3n) is 5.03. The highest BCUT2D eigenvalue weighted by Crippen LogP contribution is 2.34. The summed E-state index contributed by atoms with van der Waals surface area (Å²) in [6.07, 6.45) is 3.29. The van der Waals surface area contributed by atoms with Gasteiger partial charge >= 0.3 is 0 Å². The highest BCUT2D eigenvalue weighted by Gasteiger charge is 2.42. The van der Waals surface area contributed by atoms with Gasteiger partial charge in [-0.3, -0.25) is 4.79 Å². The van der Waals surface area contributed by atoms with Crippen LogP contribution >= 0.6 is 0 Å². The molecule has 1 N–H and O–H groups in total. The van der Waals surface area contributed by atoms with Crippen molar-refractivity contribution in [2.24, 2.45) is 5.92 Å². The normalized spacial score (nSPS) is 23.8. The summed E-state index contributed by atoms with van der Waals surface area (Å²) in [7, 11) is 0. The first-order valence-corrected chi connectivity index (χ1v) is 8.27. The Morgan fingerprint density at radius 3 is 3.00 bits per heavy atom. The highest BCUT2D eigenvalue weighted by atomic mass is 19.1. The number of hydrogen-bond donors (Lipinski definition) is 1. The fraction of sp³-hybridized carbons (Fsp3) is 0.529. The maximum Gasteiger partial charge on any atom is 0.256 e. The number of nitrogens with one attached hydrogen (secondary N) is 1. The number of carbonyl (C=O) groups excluding carboxylic acids is 1. The maximum absolute atomic E-state index is 13.8. The van der Waals surface area contributed by atoms with Gasteiger partial charge in [-0.05, 0) is 31.9 Å². The van der Waals surface area contributed by atoms with Crippen molar-refractivity contribution in [2.75, 3.05) is 26.3 Å². The molecule has 0 spiro atoms. The predicted octanol–water partition coefficient (Wildman–Crippen LogP) is 2.32. The summed E-state index contributed by atoms with van der Waals surface area (Å²) >= 11 is 0. The second kappa shape index (κ2) is 5.82. The number of halogens is 1. The lowest BCUT2D eigenvalue weighted by atomic mass is 9.90. The van der Waals surface area contributed by atoms with Crippen molar-refractivity contribution in [1.29, 1.82) is 0 Å². The van der Waals surface area contributed by atoms with E-state index in [-0.39, 0.29) is 11.8 Å². The van der Waals surface area contributed by atoms with E-state index in [1.165, 1.54) is 18.5 Å². The molecular weight excluding hydrogens is 313 g/mol. The summed E-state index contributed by atoms with van der Waals surface area (Å²) < 4.78 is 25.3. The molecule has 3 heterocycles. The molecule has 2 aliphatic rings. The van der Waals surface area contributed by atoms with Crippen LogP contribution in [0.2, 0.25) is 0 Å². The van der Waals surface area contributed by atoms with Gasteiger partial charge in [0.05, 0.1) is 30.6 Å². The molecule has 128 valence electrons. The van der Waals surface area contributed by atoms with Gasteiger partial charge < -0.3 is 19.4 Å². The van der Waals surface area contributed by atoms with Crippen molar-refractivity contribution in [3.8, 4) is 0 Å². The zero-order valence-corrected chi connectivity index (χ0v) is 13.5. The summed E-state index contributed by atoms with van der Waals surface area (Å²) in [5.41, 5.74) is 1.33. The van der Waals surface area contributed by atoms with Crippen LogP contribution in [0.4, 0.5) is 4.39 Å².